The van der Waals surface area contributed by atoms with E-state index in [0.717, 1.165) is 15.8 Å². The molecule has 104 valence electrons. The number of carbonyl (C=O) groups is 1. The number of nitrogens with zero attached hydrogens (tertiary/aromatic N) is 3. The van der Waals surface area contributed by atoms with Crippen LogP contribution in [0.1, 0.15) is 15.9 Å². The minimum Gasteiger partial charge on any atom is -0.368 e. The first-order valence-corrected chi connectivity index (χ1v) is 6.55. The molecule has 2 aromatic carbocycles. The van der Waals surface area contributed by atoms with E-state index in [0.29, 0.717) is 11.4 Å². The van der Waals surface area contributed by atoms with E-state index < -0.39 is 0 Å². The first kappa shape index (κ1) is 13.1. The van der Waals surface area contributed by atoms with Crippen molar-refractivity contribution in [1.82, 2.24) is 14.8 Å². The van der Waals surface area contributed by atoms with E-state index in [4.69, 9.17) is 5.73 Å². The summed E-state index contributed by atoms with van der Waals surface area (Å²) in [6.45, 7) is 1.87. The zero-order valence-corrected chi connectivity index (χ0v) is 11.5. The Balaban J connectivity index is 2.03. The van der Waals surface area contributed by atoms with Crippen LogP contribution in [0.5, 0.6) is 0 Å². The number of nitrogen functional groups attached to an aromatic ring is 1. The van der Waals surface area contributed by atoms with Gasteiger partial charge in [0.15, 0.2) is 5.82 Å². The molecule has 0 amide bonds. The van der Waals surface area contributed by atoms with Gasteiger partial charge in [0.25, 0.3) is 5.91 Å². The van der Waals surface area contributed by atoms with E-state index in [1.807, 2.05) is 55.5 Å². The third kappa shape index (κ3) is 2.41. The lowest BCUT2D eigenvalue weighted by atomic mass is 10.1. The van der Waals surface area contributed by atoms with Crippen molar-refractivity contribution < 1.29 is 4.79 Å². The zero-order valence-electron chi connectivity index (χ0n) is 11.5. The van der Waals surface area contributed by atoms with Crippen LogP contribution in [-0.2, 0) is 0 Å². The lowest BCUT2D eigenvalue weighted by molar-refractivity contribution is 0.0947. The second-order valence-electron chi connectivity index (χ2n) is 4.69. The van der Waals surface area contributed by atoms with Gasteiger partial charge in [-0.1, -0.05) is 48.5 Å². The van der Waals surface area contributed by atoms with Gasteiger partial charge in [-0.15, -0.1) is 5.10 Å². The predicted molar refractivity (Wildman–Crippen MR) is 80.8 cm³/mol. The Hall–Kier alpha value is -2.95. The number of anilines is 1. The minimum atomic E-state index is -0.278. The molecule has 0 fully saturated rings. The van der Waals surface area contributed by atoms with Crippen molar-refractivity contribution in [2.24, 2.45) is 0 Å². The summed E-state index contributed by atoms with van der Waals surface area (Å²) in [7, 11) is 0. The highest BCUT2D eigenvalue weighted by atomic mass is 16.2. The normalized spacial score (nSPS) is 10.5. The van der Waals surface area contributed by atoms with E-state index >= 15 is 0 Å². The van der Waals surface area contributed by atoms with E-state index in [1.165, 1.54) is 0 Å². The summed E-state index contributed by atoms with van der Waals surface area (Å²) >= 11 is 0. The molecule has 5 nitrogen and oxygen atoms in total. The van der Waals surface area contributed by atoms with Gasteiger partial charge >= 0.3 is 0 Å². The molecule has 2 N–H and O–H groups in total. The molecular formula is C16H14N4O. The number of nitrogens with two attached hydrogens (primary N) is 1. The van der Waals surface area contributed by atoms with Crippen molar-refractivity contribution in [3.63, 3.8) is 0 Å². The molecule has 0 saturated carbocycles. The maximum Gasteiger partial charge on any atom is 0.281 e. The minimum absolute atomic E-state index is 0.0853. The smallest absolute Gasteiger partial charge is 0.281 e. The average molecular weight is 278 g/mol. The van der Waals surface area contributed by atoms with E-state index in [1.54, 1.807) is 6.07 Å². The van der Waals surface area contributed by atoms with E-state index in [2.05, 4.69) is 10.1 Å². The maximum absolute atomic E-state index is 12.5. The zero-order chi connectivity index (χ0) is 14.8. The average Bonchev–Trinajstić information content (AvgIpc) is 2.90. The van der Waals surface area contributed by atoms with Crippen LogP contribution in [-0.4, -0.2) is 20.7 Å². The van der Waals surface area contributed by atoms with Gasteiger partial charge in [-0.3, -0.25) is 4.79 Å². The molecule has 0 radical (unpaired) electrons. The molecule has 0 aliphatic heterocycles. The molecule has 3 aromatic rings. The van der Waals surface area contributed by atoms with Crippen LogP contribution in [0.4, 0.5) is 5.95 Å². The lowest BCUT2D eigenvalue weighted by Crippen LogP contribution is -2.17. The molecule has 0 unspecified atom stereocenters. The summed E-state index contributed by atoms with van der Waals surface area (Å²) in [5, 5.41) is 4.23. The van der Waals surface area contributed by atoms with Gasteiger partial charge in [-0.05, 0) is 18.6 Å². The van der Waals surface area contributed by atoms with Gasteiger partial charge in [0, 0.05) is 11.1 Å². The third-order valence-electron chi connectivity index (χ3n) is 3.23. The second-order valence-corrected chi connectivity index (χ2v) is 4.69. The van der Waals surface area contributed by atoms with Crippen molar-refractivity contribution >= 4 is 11.9 Å². The first-order valence-electron chi connectivity index (χ1n) is 6.55. The van der Waals surface area contributed by atoms with Gasteiger partial charge in [-0.25, -0.2) is 0 Å². The van der Waals surface area contributed by atoms with Gasteiger partial charge in [0.1, 0.15) is 0 Å². The topological polar surface area (TPSA) is 73.8 Å². The monoisotopic (exact) mass is 278 g/mol. The lowest BCUT2D eigenvalue weighted by Gasteiger charge is -2.04. The predicted octanol–water partition coefficient (Wildman–Crippen LogP) is 2.52. The van der Waals surface area contributed by atoms with Crippen LogP contribution in [0.2, 0.25) is 0 Å². The molecule has 5 heteroatoms. The Kier molecular flexibility index (Phi) is 3.23. The molecule has 0 saturated heterocycles. The molecular weight excluding hydrogens is 264 g/mol. The van der Waals surface area contributed by atoms with Crippen LogP contribution in [0, 0.1) is 6.92 Å². The first-order chi connectivity index (χ1) is 10.2. The van der Waals surface area contributed by atoms with Crippen LogP contribution in [0.15, 0.2) is 54.6 Å². The second kappa shape index (κ2) is 5.20. The fourth-order valence-corrected chi connectivity index (χ4v) is 2.11. The summed E-state index contributed by atoms with van der Waals surface area (Å²) in [6, 6.07) is 16.7. The molecule has 3 rings (SSSR count). The third-order valence-corrected chi connectivity index (χ3v) is 3.23. The standard InChI is InChI=1S/C16H14N4O/c1-11-7-5-6-10-13(11)15(21)20-16(17)18-14(19-20)12-8-3-2-4-9-12/h2-10H,1H3,(H2,17,18,19). The van der Waals surface area contributed by atoms with Crippen molar-refractivity contribution in [3.05, 3.63) is 65.7 Å². The number of hydrogen-bond donors (Lipinski definition) is 1. The van der Waals surface area contributed by atoms with Gasteiger partial charge in [0.2, 0.25) is 5.95 Å². The van der Waals surface area contributed by atoms with Crippen LogP contribution >= 0.6 is 0 Å². The maximum atomic E-state index is 12.5. The number of aromatic nitrogens is 3. The van der Waals surface area contributed by atoms with Crippen LogP contribution in [0.25, 0.3) is 11.4 Å². The molecule has 21 heavy (non-hydrogen) atoms. The number of rotatable bonds is 2. The molecule has 0 atom stereocenters. The summed E-state index contributed by atoms with van der Waals surface area (Å²) in [5.41, 5.74) is 8.09. The summed E-state index contributed by atoms with van der Waals surface area (Å²) < 4.78 is 1.14. The SMILES string of the molecule is Cc1ccccc1C(=O)n1nc(-c2ccccc2)nc1N. The van der Waals surface area contributed by atoms with E-state index in [9.17, 15) is 4.79 Å². The number of aryl methyl sites for hydroxylation is 1. The molecule has 0 spiro atoms. The fourth-order valence-electron chi connectivity index (χ4n) is 2.11. The molecule has 0 bridgehead atoms. The van der Waals surface area contributed by atoms with Crippen molar-refractivity contribution in [2.75, 3.05) is 5.73 Å². The van der Waals surface area contributed by atoms with Gasteiger partial charge in [0.05, 0.1) is 0 Å². The highest BCUT2D eigenvalue weighted by Crippen LogP contribution is 2.17. The summed E-state index contributed by atoms with van der Waals surface area (Å²) in [5.74, 6) is 0.248. The highest BCUT2D eigenvalue weighted by molar-refractivity contribution is 5.98. The summed E-state index contributed by atoms with van der Waals surface area (Å²) in [4.78, 5) is 16.7. The quantitative estimate of drug-likeness (QED) is 0.781. The molecule has 1 heterocycles. The van der Waals surface area contributed by atoms with Crippen molar-refractivity contribution in [2.45, 2.75) is 6.92 Å². The Bertz CT molecular complexity index is 793. The van der Waals surface area contributed by atoms with Crippen LogP contribution < -0.4 is 5.73 Å². The van der Waals surface area contributed by atoms with Crippen LogP contribution in [0.3, 0.4) is 0 Å². The number of carbonyl (C=O) groups excluding carboxylic acids is 1. The van der Waals surface area contributed by atoms with Gasteiger partial charge in [-0.2, -0.15) is 9.67 Å². The number of hydrogen-bond acceptors (Lipinski definition) is 4. The Labute approximate surface area is 122 Å². The summed E-state index contributed by atoms with van der Waals surface area (Å²) in [6.07, 6.45) is 0. The fraction of sp³-hybridized carbons (Fsp3) is 0.0625. The molecule has 0 aliphatic carbocycles. The van der Waals surface area contributed by atoms with Crippen molar-refractivity contribution in [1.29, 1.82) is 0 Å². The van der Waals surface area contributed by atoms with E-state index in [-0.39, 0.29) is 11.9 Å². The van der Waals surface area contributed by atoms with Gasteiger partial charge < -0.3 is 5.73 Å². The van der Waals surface area contributed by atoms with Crippen molar-refractivity contribution in [3.8, 4) is 11.4 Å². The molecule has 0 aliphatic rings. The number of benzene rings is 2. The molecule has 1 aromatic heterocycles. The highest BCUT2D eigenvalue weighted by Gasteiger charge is 2.17. The Morgan fingerprint density at radius 2 is 1.71 bits per heavy atom. The Morgan fingerprint density at radius 1 is 1.05 bits per heavy atom. The Morgan fingerprint density at radius 3 is 2.43 bits per heavy atom. The largest absolute Gasteiger partial charge is 0.368 e.